The van der Waals surface area contributed by atoms with Gasteiger partial charge in [0.2, 0.25) is 0 Å². The SMILES string of the molecule is COc1cc(Br)c(CN(CC(=O)O)CC2CC2)cc1OC. The molecule has 116 valence electrons. The third-order valence-corrected chi connectivity index (χ3v) is 4.26. The number of halogens is 1. The Kier molecular flexibility index (Phi) is 5.47. The van der Waals surface area contributed by atoms with E-state index < -0.39 is 5.97 Å². The zero-order valence-electron chi connectivity index (χ0n) is 12.3. The van der Waals surface area contributed by atoms with E-state index in [1.54, 1.807) is 14.2 Å². The van der Waals surface area contributed by atoms with Gasteiger partial charge in [0.25, 0.3) is 0 Å². The number of methoxy groups -OCH3 is 2. The maximum Gasteiger partial charge on any atom is 0.317 e. The first-order valence-corrected chi connectivity index (χ1v) is 7.67. The molecule has 0 saturated heterocycles. The molecular weight excluding hydrogens is 338 g/mol. The van der Waals surface area contributed by atoms with Crippen LogP contribution in [0, 0.1) is 5.92 Å². The van der Waals surface area contributed by atoms with Crippen LogP contribution in [-0.2, 0) is 11.3 Å². The summed E-state index contributed by atoms with van der Waals surface area (Å²) in [5.74, 6) is 1.15. The molecule has 0 atom stereocenters. The molecule has 2 rings (SSSR count). The van der Waals surface area contributed by atoms with Crippen LogP contribution in [-0.4, -0.2) is 43.3 Å². The Morgan fingerprint density at radius 2 is 1.95 bits per heavy atom. The maximum absolute atomic E-state index is 11.0. The Bertz CT molecular complexity index is 517. The highest BCUT2D eigenvalue weighted by Gasteiger charge is 2.26. The van der Waals surface area contributed by atoms with Gasteiger partial charge in [-0.25, -0.2) is 0 Å². The molecule has 0 unspecified atom stereocenters. The number of carboxylic acids is 1. The van der Waals surface area contributed by atoms with Gasteiger partial charge in [0, 0.05) is 17.6 Å². The highest BCUT2D eigenvalue weighted by molar-refractivity contribution is 9.10. The Morgan fingerprint density at radius 1 is 1.33 bits per heavy atom. The van der Waals surface area contributed by atoms with Gasteiger partial charge in [0.15, 0.2) is 11.5 Å². The molecule has 0 amide bonds. The van der Waals surface area contributed by atoms with Crippen LogP contribution in [0.4, 0.5) is 0 Å². The van der Waals surface area contributed by atoms with Gasteiger partial charge in [-0.05, 0) is 36.5 Å². The topological polar surface area (TPSA) is 59.0 Å². The van der Waals surface area contributed by atoms with Crippen LogP contribution in [0.2, 0.25) is 0 Å². The first-order valence-electron chi connectivity index (χ1n) is 6.88. The average molecular weight is 358 g/mol. The number of aliphatic carboxylic acids is 1. The molecule has 1 aliphatic carbocycles. The molecule has 1 aromatic carbocycles. The van der Waals surface area contributed by atoms with Crippen molar-refractivity contribution >= 4 is 21.9 Å². The van der Waals surface area contributed by atoms with Gasteiger partial charge in [0.05, 0.1) is 20.8 Å². The summed E-state index contributed by atoms with van der Waals surface area (Å²) in [6.45, 7) is 1.45. The molecule has 0 aliphatic heterocycles. The molecule has 1 N–H and O–H groups in total. The number of carboxylic acid groups (broad SMARTS) is 1. The van der Waals surface area contributed by atoms with Crippen molar-refractivity contribution in [3.63, 3.8) is 0 Å². The van der Waals surface area contributed by atoms with E-state index >= 15 is 0 Å². The van der Waals surface area contributed by atoms with Gasteiger partial charge < -0.3 is 14.6 Å². The van der Waals surface area contributed by atoms with Gasteiger partial charge in [-0.3, -0.25) is 9.69 Å². The van der Waals surface area contributed by atoms with Gasteiger partial charge in [0.1, 0.15) is 0 Å². The molecule has 1 saturated carbocycles. The number of nitrogens with zero attached hydrogens (tertiary/aromatic N) is 1. The van der Waals surface area contributed by atoms with Crippen molar-refractivity contribution < 1.29 is 19.4 Å². The number of rotatable bonds is 8. The molecule has 1 fully saturated rings. The van der Waals surface area contributed by atoms with Crippen molar-refractivity contribution in [2.75, 3.05) is 27.3 Å². The summed E-state index contributed by atoms with van der Waals surface area (Å²) in [6.07, 6.45) is 2.40. The Labute approximate surface area is 133 Å². The zero-order chi connectivity index (χ0) is 15.4. The molecule has 6 heteroatoms. The molecule has 0 radical (unpaired) electrons. The molecule has 5 nitrogen and oxygen atoms in total. The Balaban J connectivity index is 2.16. The largest absolute Gasteiger partial charge is 0.493 e. The van der Waals surface area contributed by atoms with Crippen LogP contribution in [0.3, 0.4) is 0 Å². The van der Waals surface area contributed by atoms with Crippen molar-refractivity contribution in [1.29, 1.82) is 0 Å². The third kappa shape index (κ3) is 4.61. The fourth-order valence-corrected chi connectivity index (χ4v) is 2.75. The summed E-state index contributed by atoms with van der Waals surface area (Å²) in [4.78, 5) is 13.0. The van der Waals surface area contributed by atoms with E-state index in [9.17, 15) is 4.79 Å². The lowest BCUT2D eigenvalue weighted by molar-refractivity contribution is -0.138. The van der Waals surface area contributed by atoms with Gasteiger partial charge >= 0.3 is 5.97 Å². The van der Waals surface area contributed by atoms with Crippen molar-refractivity contribution in [3.05, 3.63) is 22.2 Å². The minimum absolute atomic E-state index is 0.0529. The van der Waals surface area contributed by atoms with E-state index in [0.29, 0.717) is 24.0 Å². The van der Waals surface area contributed by atoms with Crippen LogP contribution in [0.15, 0.2) is 16.6 Å². The molecule has 0 heterocycles. The summed E-state index contributed by atoms with van der Waals surface area (Å²) in [5.41, 5.74) is 0.995. The van der Waals surface area contributed by atoms with E-state index in [1.165, 1.54) is 12.8 Å². The average Bonchev–Trinajstić information content (AvgIpc) is 3.23. The number of carbonyl (C=O) groups is 1. The van der Waals surface area contributed by atoms with Gasteiger partial charge in [-0.15, -0.1) is 0 Å². The van der Waals surface area contributed by atoms with Gasteiger partial charge in [-0.1, -0.05) is 15.9 Å². The van der Waals surface area contributed by atoms with Crippen molar-refractivity contribution in [1.82, 2.24) is 4.90 Å². The van der Waals surface area contributed by atoms with E-state index in [1.807, 2.05) is 17.0 Å². The monoisotopic (exact) mass is 357 g/mol. The quantitative estimate of drug-likeness (QED) is 0.775. The lowest BCUT2D eigenvalue weighted by atomic mass is 10.1. The molecule has 1 aromatic rings. The second kappa shape index (κ2) is 7.13. The summed E-state index contributed by atoms with van der Waals surface area (Å²) in [6, 6.07) is 3.74. The summed E-state index contributed by atoms with van der Waals surface area (Å²) >= 11 is 3.52. The molecule has 0 aromatic heterocycles. The molecule has 0 bridgehead atoms. The van der Waals surface area contributed by atoms with Crippen LogP contribution in [0.1, 0.15) is 18.4 Å². The highest BCUT2D eigenvalue weighted by Crippen LogP contribution is 2.35. The van der Waals surface area contributed by atoms with Crippen LogP contribution in [0.25, 0.3) is 0 Å². The summed E-state index contributed by atoms with van der Waals surface area (Å²) < 4.78 is 11.5. The fourth-order valence-electron chi connectivity index (χ4n) is 2.30. The van der Waals surface area contributed by atoms with E-state index in [0.717, 1.165) is 16.6 Å². The normalized spacial score (nSPS) is 14.3. The minimum atomic E-state index is -0.799. The van der Waals surface area contributed by atoms with Crippen molar-refractivity contribution in [2.24, 2.45) is 5.92 Å². The first-order chi connectivity index (χ1) is 10.0. The van der Waals surface area contributed by atoms with E-state index in [2.05, 4.69) is 15.9 Å². The predicted molar refractivity (Wildman–Crippen MR) is 82.9 cm³/mol. The summed E-state index contributed by atoms with van der Waals surface area (Å²) in [5, 5.41) is 9.05. The highest BCUT2D eigenvalue weighted by atomic mass is 79.9. The smallest absolute Gasteiger partial charge is 0.317 e. The zero-order valence-corrected chi connectivity index (χ0v) is 13.9. The molecule has 1 aliphatic rings. The van der Waals surface area contributed by atoms with Crippen LogP contribution >= 0.6 is 15.9 Å². The molecular formula is C15H20BrNO4. The number of hydrogen-bond donors (Lipinski definition) is 1. The Hall–Kier alpha value is -1.27. The summed E-state index contributed by atoms with van der Waals surface area (Å²) in [7, 11) is 3.18. The second-order valence-electron chi connectivity index (χ2n) is 5.31. The lowest BCUT2D eigenvalue weighted by Crippen LogP contribution is -2.31. The minimum Gasteiger partial charge on any atom is -0.493 e. The van der Waals surface area contributed by atoms with E-state index in [-0.39, 0.29) is 6.54 Å². The third-order valence-electron chi connectivity index (χ3n) is 3.52. The Morgan fingerprint density at radius 3 is 2.48 bits per heavy atom. The van der Waals surface area contributed by atoms with Gasteiger partial charge in [-0.2, -0.15) is 0 Å². The number of hydrogen-bond acceptors (Lipinski definition) is 4. The number of ether oxygens (including phenoxy) is 2. The predicted octanol–water partition coefficient (Wildman–Crippen LogP) is 2.76. The fraction of sp³-hybridized carbons (Fsp3) is 0.533. The second-order valence-corrected chi connectivity index (χ2v) is 6.16. The number of benzene rings is 1. The molecule has 0 spiro atoms. The lowest BCUT2D eigenvalue weighted by Gasteiger charge is -2.21. The van der Waals surface area contributed by atoms with Crippen LogP contribution < -0.4 is 9.47 Å². The van der Waals surface area contributed by atoms with Crippen LogP contribution in [0.5, 0.6) is 11.5 Å². The van der Waals surface area contributed by atoms with E-state index in [4.69, 9.17) is 14.6 Å². The maximum atomic E-state index is 11.0. The van der Waals surface area contributed by atoms with Crippen molar-refractivity contribution in [3.8, 4) is 11.5 Å². The van der Waals surface area contributed by atoms with Crippen molar-refractivity contribution in [2.45, 2.75) is 19.4 Å². The standard InChI is InChI=1S/C15H20BrNO4/c1-20-13-5-11(12(16)6-14(13)21-2)8-17(9-15(18)19)7-10-3-4-10/h5-6,10H,3-4,7-9H2,1-2H3,(H,18,19). The molecule has 21 heavy (non-hydrogen) atoms. The first kappa shape index (κ1) is 16.1.